The van der Waals surface area contributed by atoms with E-state index in [0.717, 1.165) is 24.6 Å². The molecule has 0 aliphatic carbocycles. The van der Waals surface area contributed by atoms with E-state index >= 15 is 0 Å². The normalized spacial score (nSPS) is 9.75. The highest BCUT2D eigenvalue weighted by molar-refractivity contribution is 9.09. The molecule has 0 spiro atoms. The van der Waals surface area contributed by atoms with Crippen molar-refractivity contribution in [2.24, 2.45) is 0 Å². The SMILES string of the molecule is O=[N+]([O-])OCCCCCCCBr. The zero-order chi connectivity index (χ0) is 9.23. The average molecular weight is 240 g/mol. The maximum atomic E-state index is 9.71. The maximum Gasteiger partial charge on any atom is 0.294 e. The summed E-state index contributed by atoms with van der Waals surface area (Å²) in [7, 11) is 0. The van der Waals surface area contributed by atoms with Crippen LogP contribution in [0.25, 0.3) is 0 Å². The van der Waals surface area contributed by atoms with Gasteiger partial charge in [-0.3, -0.25) is 0 Å². The number of alkyl halides is 1. The summed E-state index contributed by atoms with van der Waals surface area (Å²) in [6.45, 7) is 0.237. The highest BCUT2D eigenvalue weighted by Gasteiger charge is 1.94. The summed E-state index contributed by atoms with van der Waals surface area (Å²) in [4.78, 5) is 13.9. The third-order valence-corrected chi connectivity index (χ3v) is 2.04. The highest BCUT2D eigenvalue weighted by Crippen LogP contribution is 2.04. The molecular weight excluding hydrogens is 226 g/mol. The van der Waals surface area contributed by atoms with E-state index in [1.54, 1.807) is 0 Å². The van der Waals surface area contributed by atoms with Crippen molar-refractivity contribution in [2.45, 2.75) is 32.1 Å². The Hall–Kier alpha value is -0.320. The smallest absolute Gasteiger partial charge is 0.294 e. The lowest BCUT2D eigenvalue weighted by atomic mass is 10.2. The first-order chi connectivity index (χ1) is 5.77. The van der Waals surface area contributed by atoms with E-state index in [4.69, 9.17) is 0 Å². The first-order valence-corrected chi connectivity index (χ1v) is 5.23. The van der Waals surface area contributed by atoms with Crippen molar-refractivity contribution < 1.29 is 9.92 Å². The van der Waals surface area contributed by atoms with Gasteiger partial charge >= 0.3 is 0 Å². The Bertz CT molecular complexity index is 121. The zero-order valence-electron chi connectivity index (χ0n) is 7.00. The molecule has 0 heterocycles. The first-order valence-electron chi connectivity index (χ1n) is 4.10. The number of hydrogen-bond acceptors (Lipinski definition) is 3. The lowest BCUT2D eigenvalue weighted by Crippen LogP contribution is -2.01. The van der Waals surface area contributed by atoms with Crippen molar-refractivity contribution in [1.82, 2.24) is 0 Å². The second-order valence-corrected chi connectivity index (χ2v) is 3.31. The van der Waals surface area contributed by atoms with Gasteiger partial charge in [0, 0.05) is 5.33 Å². The summed E-state index contributed by atoms with van der Waals surface area (Å²) < 4.78 is 0. The summed E-state index contributed by atoms with van der Waals surface area (Å²) in [5.41, 5.74) is 0. The molecule has 0 saturated heterocycles. The topological polar surface area (TPSA) is 52.4 Å². The molecule has 0 unspecified atom stereocenters. The van der Waals surface area contributed by atoms with Crippen LogP contribution in [0.4, 0.5) is 0 Å². The lowest BCUT2D eigenvalue weighted by Gasteiger charge is -1.98. The lowest BCUT2D eigenvalue weighted by molar-refractivity contribution is -0.757. The van der Waals surface area contributed by atoms with E-state index in [0.29, 0.717) is 0 Å². The average Bonchev–Trinajstić information content (AvgIpc) is 2.02. The van der Waals surface area contributed by atoms with Gasteiger partial charge < -0.3 is 4.84 Å². The molecule has 0 aromatic rings. The fraction of sp³-hybridized carbons (Fsp3) is 1.00. The standard InChI is InChI=1S/C7H14BrNO3/c8-6-4-2-1-3-5-7-12-9(10)11/h1-7H2. The summed E-state index contributed by atoms with van der Waals surface area (Å²) in [6, 6.07) is 0. The Morgan fingerprint density at radius 3 is 2.33 bits per heavy atom. The van der Waals surface area contributed by atoms with E-state index in [9.17, 15) is 10.1 Å². The van der Waals surface area contributed by atoms with Crippen molar-refractivity contribution in [1.29, 1.82) is 0 Å². The van der Waals surface area contributed by atoms with E-state index in [2.05, 4.69) is 20.8 Å². The predicted octanol–water partition coefficient (Wildman–Crippen LogP) is 2.54. The number of hydrogen-bond donors (Lipinski definition) is 0. The Morgan fingerprint density at radius 1 is 1.17 bits per heavy atom. The van der Waals surface area contributed by atoms with Gasteiger partial charge in [-0.25, -0.2) is 0 Å². The van der Waals surface area contributed by atoms with Crippen LogP contribution in [-0.4, -0.2) is 17.0 Å². The third kappa shape index (κ3) is 9.68. The van der Waals surface area contributed by atoms with Gasteiger partial charge in [0.1, 0.15) is 0 Å². The van der Waals surface area contributed by atoms with Crippen molar-refractivity contribution >= 4 is 15.9 Å². The van der Waals surface area contributed by atoms with Gasteiger partial charge in [0.05, 0.1) is 6.61 Å². The molecule has 0 saturated carbocycles. The molecule has 12 heavy (non-hydrogen) atoms. The van der Waals surface area contributed by atoms with Crippen molar-refractivity contribution in [3.05, 3.63) is 10.1 Å². The van der Waals surface area contributed by atoms with Crippen LogP contribution in [-0.2, 0) is 4.84 Å². The predicted molar refractivity (Wildman–Crippen MR) is 49.8 cm³/mol. The van der Waals surface area contributed by atoms with E-state index < -0.39 is 5.09 Å². The van der Waals surface area contributed by atoms with Gasteiger partial charge in [-0.2, -0.15) is 0 Å². The minimum absolute atomic E-state index is 0.237. The zero-order valence-corrected chi connectivity index (χ0v) is 8.59. The molecular formula is C7H14BrNO3. The first kappa shape index (κ1) is 11.7. The molecule has 0 amide bonds. The highest BCUT2D eigenvalue weighted by atomic mass is 79.9. The minimum Gasteiger partial charge on any atom is -0.314 e. The largest absolute Gasteiger partial charge is 0.314 e. The summed E-state index contributed by atoms with van der Waals surface area (Å²) in [5, 5.41) is 10.0. The molecule has 0 fully saturated rings. The van der Waals surface area contributed by atoms with Crippen molar-refractivity contribution in [3.8, 4) is 0 Å². The van der Waals surface area contributed by atoms with Gasteiger partial charge in [-0.05, 0) is 12.8 Å². The molecule has 0 radical (unpaired) electrons. The van der Waals surface area contributed by atoms with Gasteiger partial charge in [0.15, 0.2) is 0 Å². The molecule has 72 valence electrons. The van der Waals surface area contributed by atoms with Gasteiger partial charge in [-0.15, -0.1) is 10.1 Å². The molecule has 0 aromatic carbocycles. The fourth-order valence-electron chi connectivity index (χ4n) is 0.866. The third-order valence-electron chi connectivity index (χ3n) is 1.47. The quantitative estimate of drug-likeness (QED) is 0.283. The number of halogens is 1. The monoisotopic (exact) mass is 239 g/mol. The van der Waals surface area contributed by atoms with E-state index in [1.807, 2.05) is 0 Å². The second kappa shape index (κ2) is 8.77. The Labute approximate surface area is 80.5 Å². The van der Waals surface area contributed by atoms with Gasteiger partial charge in [-0.1, -0.05) is 35.2 Å². The summed E-state index contributed by atoms with van der Waals surface area (Å²) >= 11 is 3.34. The molecule has 0 aliphatic heterocycles. The molecule has 5 heteroatoms. The van der Waals surface area contributed by atoms with Crippen molar-refractivity contribution in [3.63, 3.8) is 0 Å². The van der Waals surface area contributed by atoms with Crippen molar-refractivity contribution in [2.75, 3.05) is 11.9 Å². The second-order valence-electron chi connectivity index (χ2n) is 2.51. The van der Waals surface area contributed by atoms with Crippen LogP contribution in [0.3, 0.4) is 0 Å². The van der Waals surface area contributed by atoms with Crippen LogP contribution in [0.2, 0.25) is 0 Å². The molecule has 4 nitrogen and oxygen atoms in total. The van der Waals surface area contributed by atoms with E-state index in [1.165, 1.54) is 12.8 Å². The Morgan fingerprint density at radius 2 is 1.75 bits per heavy atom. The molecule has 0 N–H and O–H groups in total. The Kier molecular flexibility index (Phi) is 8.54. The van der Waals surface area contributed by atoms with Crippen LogP contribution < -0.4 is 0 Å². The Balaban J connectivity index is 2.86. The molecule has 0 atom stereocenters. The van der Waals surface area contributed by atoms with Crippen LogP contribution in [0.1, 0.15) is 32.1 Å². The number of unbranched alkanes of at least 4 members (excludes halogenated alkanes) is 4. The minimum atomic E-state index is -0.738. The summed E-state index contributed by atoms with van der Waals surface area (Å²) in [5.74, 6) is 0. The number of nitrogens with zero attached hydrogens (tertiary/aromatic N) is 1. The molecule has 0 rings (SSSR count). The molecule has 0 aromatic heterocycles. The van der Waals surface area contributed by atoms with Crippen LogP contribution in [0, 0.1) is 10.1 Å². The van der Waals surface area contributed by atoms with E-state index in [-0.39, 0.29) is 6.61 Å². The molecule has 0 bridgehead atoms. The maximum absolute atomic E-state index is 9.71. The van der Waals surface area contributed by atoms with Gasteiger partial charge in [0.2, 0.25) is 0 Å². The summed E-state index contributed by atoms with van der Waals surface area (Å²) in [6.07, 6.45) is 5.29. The number of rotatable bonds is 8. The van der Waals surface area contributed by atoms with Crippen LogP contribution in [0.15, 0.2) is 0 Å². The van der Waals surface area contributed by atoms with Crippen LogP contribution in [0.5, 0.6) is 0 Å². The van der Waals surface area contributed by atoms with Gasteiger partial charge in [0.25, 0.3) is 5.09 Å². The van der Waals surface area contributed by atoms with Crippen LogP contribution >= 0.6 is 15.9 Å². The molecule has 0 aliphatic rings. The fourth-order valence-corrected chi connectivity index (χ4v) is 1.26.